The van der Waals surface area contributed by atoms with Gasteiger partial charge in [-0.1, -0.05) is 11.8 Å². The summed E-state index contributed by atoms with van der Waals surface area (Å²) in [5.41, 5.74) is 1.69. The largest absolute Gasteiger partial charge is 0.493 e. The molecule has 31 heavy (non-hydrogen) atoms. The molecule has 3 N–H and O–H groups in total. The Balaban J connectivity index is 1.92. The van der Waals surface area contributed by atoms with Crippen LogP contribution in [0.5, 0.6) is 5.75 Å². The fourth-order valence-corrected chi connectivity index (χ4v) is 3.41. The second-order valence-electron chi connectivity index (χ2n) is 7.18. The van der Waals surface area contributed by atoms with Gasteiger partial charge in [-0.05, 0) is 50.1 Å². The average molecular weight is 465 g/mol. The second-order valence-corrected chi connectivity index (χ2v) is 8.35. The third-order valence-electron chi connectivity index (χ3n) is 4.27. The maximum absolute atomic E-state index is 12.9. The van der Waals surface area contributed by atoms with Crippen LogP contribution in [0.15, 0.2) is 30.3 Å². The van der Waals surface area contributed by atoms with Gasteiger partial charge in [0.15, 0.2) is 0 Å². The van der Waals surface area contributed by atoms with E-state index < -0.39 is 29.0 Å². The summed E-state index contributed by atoms with van der Waals surface area (Å²) < 4.78 is 82.3. The smallest absolute Gasteiger partial charge is 0.417 e. The molecule has 0 amide bonds. The van der Waals surface area contributed by atoms with Gasteiger partial charge < -0.3 is 15.6 Å². The van der Waals surface area contributed by atoms with Gasteiger partial charge in [-0.2, -0.15) is 26.3 Å². The summed E-state index contributed by atoms with van der Waals surface area (Å²) in [6.45, 7) is 1.57. The SMILES string of the molecule is CC(N)(CO)CCc1ccc(C#CCCOc2ccc(C(F)(F)F)c(C(F)(F)F)c2)s1. The zero-order chi connectivity index (χ0) is 23.3. The highest BCUT2D eigenvalue weighted by molar-refractivity contribution is 7.12. The van der Waals surface area contributed by atoms with Crippen molar-refractivity contribution in [1.82, 2.24) is 0 Å². The number of rotatable bonds is 7. The number of aliphatic hydroxyl groups excluding tert-OH is 1. The second kappa shape index (κ2) is 9.94. The quantitative estimate of drug-likeness (QED) is 0.334. The van der Waals surface area contributed by atoms with E-state index in [0.717, 1.165) is 15.8 Å². The van der Waals surface area contributed by atoms with Crippen molar-refractivity contribution in [2.75, 3.05) is 13.2 Å². The molecule has 1 aromatic carbocycles. The Morgan fingerprint density at radius 2 is 1.71 bits per heavy atom. The van der Waals surface area contributed by atoms with Crippen molar-refractivity contribution in [3.63, 3.8) is 0 Å². The third-order valence-corrected chi connectivity index (χ3v) is 5.34. The molecule has 10 heteroatoms. The van der Waals surface area contributed by atoms with Crippen LogP contribution in [0.25, 0.3) is 0 Å². The van der Waals surface area contributed by atoms with Gasteiger partial charge in [0.1, 0.15) is 5.75 Å². The maximum Gasteiger partial charge on any atom is 0.417 e. The highest BCUT2D eigenvalue weighted by atomic mass is 32.1. The van der Waals surface area contributed by atoms with E-state index in [1.165, 1.54) is 11.3 Å². The number of aliphatic hydroxyl groups is 1. The lowest BCUT2D eigenvalue weighted by Gasteiger charge is -2.20. The predicted molar refractivity (Wildman–Crippen MR) is 106 cm³/mol. The van der Waals surface area contributed by atoms with E-state index in [2.05, 4.69) is 11.8 Å². The molecule has 0 spiro atoms. The number of thiophene rings is 1. The molecule has 1 aromatic heterocycles. The first kappa shape index (κ1) is 25.0. The van der Waals surface area contributed by atoms with Crippen molar-refractivity contribution in [1.29, 1.82) is 0 Å². The summed E-state index contributed by atoms with van der Waals surface area (Å²) in [6.07, 6.45) is -8.79. The van der Waals surface area contributed by atoms with Gasteiger partial charge in [-0.3, -0.25) is 0 Å². The number of halogens is 6. The molecule has 0 bridgehead atoms. The van der Waals surface area contributed by atoms with Crippen molar-refractivity contribution < 1.29 is 36.2 Å². The van der Waals surface area contributed by atoms with Crippen molar-refractivity contribution >= 4 is 11.3 Å². The minimum Gasteiger partial charge on any atom is -0.493 e. The Morgan fingerprint density at radius 3 is 2.32 bits per heavy atom. The molecule has 3 nitrogen and oxygen atoms in total. The fraction of sp³-hybridized carbons (Fsp3) is 0.429. The zero-order valence-corrected chi connectivity index (χ0v) is 17.3. The van der Waals surface area contributed by atoms with E-state index in [1.807, 2.05) is 12.1 Å². The van der Waals surface area contributed by atoms with Gasteiger partial charge in [-0.15, -0.1) is 11.3 Å². The standard InChI is InChI=1S/C21H21F6NO2S/c1-19(28,13-29)10-9-16-7-6-15(31-16)4-2-3-11-30-14-5-8-17(20(22,23)24)18(12-14)21(25,26)27/h5-8,12,29H,3,9-11,13,28H2,1H3. The van der Waals surface area contributed by atoms with Crippen LogP contribution >= 0.6 is 11.3 Å². The number of hydrogen-bond acceptors (Lipinski definition) is 4. The lowest BCUT2D eigenvalue weighted by atomic mass is 9.98. The first-order valence-electron chi connectivity index (χ1n) is 9.20. The first-order chi connectivity index (χ1) is 14.3. The lowest BCUT2D eigenvalue weighted by Crippen LogP contribution is -2.40. The van der Waals surface area contributed by atoms with E-state index in [1.54, 1.807) is 6.92 Å². The van der Waals surface area contributed by atoms with E-state index in [9.17, 15) is 26.3 Å². The summed E-state index contributed by atoms with van der Waals surface area (Å²) in [6, 6.07) is 5.29. The number of ether oxygens (including phenoxy) is 1. The van der Waals surface area contributed by atoms with Crippen molar-refractivity contribution in [2.45, 2.75) is 44.1 Å². The average Bonchev–Trinajstić information content (AvgIpc) is 3.12. The molecule has 0 saturated carbocycles. The summed E-state index contributed by atoms with van der Waals surface area (Å²) >= 11 is 1.46. The van der Waals surface area contributed by atoms with Crippen molar-refractivity contribution in [3.05, 3.63) is 51.2 Å². The fourth-order valence-electron chi connectivity index (χ4n) is 2.53. The minimum absolute atomic E-state index is 0.0735. The van der Waals surface area contributed by atoms with Gasteiger partial charge in [-0.25, -0.2) is 0 Å². The third kappa shape index (κ3) is 7.76. The molecule has 170 valence electrons. The van der Waals surface area contributed by atoms with Crippen LogP contribution in [0.2, 0.25) is 0 Å². The Bertz CT molecular complexity index is 938. The maximum atomic E-state index is 12.9. The van der Waals surface area contributed by atoms with E-state index in [0.29, 0.717) is 25.0 Å². The summed E-state index contributed by atoms with van der Waals surface area (Å²) in [4.78, 5) is 1.83. The molecule has 0 aliphatic carbocycles. The lowest BCUT2D eigenvalue weighted by molar-refractivity contribution is -0.162. The summed E-state index contributed by atoms with van der Waals surface area (Å²) in [5, 5.41) is 9.17. The van der Waals surface area contributed by atoms with Crippen molar-refractivity contribution in [3.8, 4) is 17.6 Å². The molecular formula is C21H21F6NO2S. The van der Waals surface area contributed by atoms with Gasteiger partial charge >= 0.3 is 12.4 Å². The molecule has 2 rings (SSSR count). The van der Waals surface area contributed by atoms with E-state index in [4.69, 9.17) is 15.6 Å². The van der Waals surface area contributed by atoms with Crippen LogP contribution in [-0.4, -0.2) is 23.9 Å². The normalized spacial score (nSPS) is 14.0. The summed E-state index contributed by atoms with van der Waals surface area (Å²) in [7, 11) is 0. The van der Waals surface area contributed by atoms with Crippen molar-refractivity contribution in [2.24, 2.45) is 5.73 Å². The molecule has 0 radical (unpaired) electrons. The van der Waals surface area contributed by atoms with Gasteiger partial charge in [0.25, 0.3) is 0 Å². The minimum atomic E-state index is -5.15. The molecule has 0 aliphatic rings. The Labute approximate surface area is 179 Å². The zero-order valence-electron chi connectivity index (χ0n) is 16.5. The number of hydrogen-bond donors (Lipinski definition) is 2. The van der Waals surface area contributed by atoms with Crippen LogP contribution in [0, 0.1) is 11.8 Å². The molecule has 0 fully saturated rings. The summed E-state index contributed by atoms with van der Waals surface area (Å²) in [5.74, 6) is 5.41. The van der Waals surface area contributed by atoms with E-state index in [-0.39, 0.29) is 25.4 Å². The molecule has 1 heterocycles. The topological polar surface area (TPSA) is 55.5 Å². The highest BCUT2D eigenvalue weighted by Crippen LogP contribution is 2.41. The van der Waals surface area contributed by atoms with Crippen LogP contribution < -0.4 is 10.5 Å². The Hall–Kier alpha value is -2.22. The predicted octanol–water partition coefficient (Wildman–Crippen LogP) is 5.25. The van der Waals surface area contributed by atoms with Crippen LogP contribution in [0.4, 0.5) is 26.3 Å². The van der Waals surface area contributed by atoms with Crippen LogP contribution in [0.3, 0.4) is 0 Å². The van der Waals surface area contributed by atoms with Gasteiger partial charge in [0.05, 0.1) is 29.2 Å². The molecule has 1 unspecified atom stereocenters. The number of nitrogens with two attached hydrogens (primary N) is 1. The monoisotopic (exact) mass is 465 g/mol. The molecular weight excluding hydrogens is 444 g/mol. The van der Waals surface area contributed by atoms with Gasteiger partial charge in [0, 0.05) is 16.8 Å². The molecule has 0 aliphatic heterocycles. The Morgan fingerprint density at radius 1 is 1.03 bits per heavy atom. The highest BCUT2D eigenvalue weighted by Gasteiger charge is 2.43. The molecule has 0 saturated heterocycles. The number of benzene rings is 1. The Kier molecular flexibility index (Phi) is 8.03. The van der Waals surface area contributed by atoms with E-state index >= 15 is 0 Å². The number of aryl methyl sites for hydroxylation is 1. The van der Waals surface area contributed by atoms with Crippen LogP contribution in [-0.2, 0) is 18.8 Å². The number of alkyl halides is 6. The van der Waals surface area contributed by atoms with Crippen LogP contribution in [0.1, 0.15) is 40.6 Å². The molecule has 2 aromatic rings. The first-order valence-corrected chi connectivity index (χ1v) is 10.0. The molecule has 1 atom stereocenters. The van der Waals surface area contributed by atoms with Gasteiger partial charge in [0.2, 0.25) is 0 Å².